The molecule has 8 nitrogen and oxygen atoms in total. The van der Waals surface area contributed by atoms with Gasteiger partial charge in [-0.15, -0.1) is 0 Å². The minimum atomic E-state index is 0.165. The molecule has 0 aromatic carbocycles. The Balaban J connectivity index is 1.44. The first-order valence-electron chi connectivity index (χ1n) is 9.32. The molecule has 1 aliphatic carbocycles. The number of aromatic nitrogens is 4. The van der Waals surface area contributed by atoms with Crippen molar-refractivity contribution in [1.29, 1.82) is 0 Å². The molecule has 8 heteroatoms. The third kappa shape index (κ3) is 3.49. The molecule has 4 rings (SSSR count). The molecular formula is C18H25N7O. The van der Waals surface area contributed by atoms with Crippen molar-refractivity contribution in [3.05, 3.63) is 29.7 Å². The van der Waals surface area contributed by atoms with E-state index in [2.05, 4.69) is 36.7 Å². The third-order valence-corrected chi connectivity index (χ3v) is 5.17. The van der Waals surface area contributed by atoms with Crippen molar-refractivity contribution in [3.63, 3.8) is 0 Å². The second-order valence-electron chi connectivity index (χ2n) is 6.96. The first-order chi connectivity index (χ1) is 12.7. The van der Waals surface area contributed by atoms with E-state index in [0.29, 0.717) is 6.54 Å². The summed E-state index contributed by atoms with van der Waals surface area (Å²) in [5.74, 6) is 1.92. The summed E-state index contributed by atoms with van der Waals surface area (Å²) in [7, 11) is 1.85. The Morgan fingerprint density at radius 3 is 2.96 bits per heavy atom. The SMILES string of the molecule is CNc1ccnc(N2CCCn3nc(CNC(=O)C4CCC4)cc3C2)n1. The van der Waals surface area contributed by atoms with Gasteiger partial charge in [-0.05, 0) is 31.4 Å². The van der Waals surface area contributed by atoms with Gasteiger partial charge in [-0.2, -0.15) is 10.1 Å². The van der Waals surface area contributed by atoms with Crippen molar-refractivity contribution in [3.8, 4) is 0 Å². The maximum absolute atomic E-state index is 12.0. The van der Waals surface area contributed by atoms with Gasteiger partial charge in [-0.1, -0.05) is 6.42 Å². The summed E-state index contributed by atoms with van der Waals surface area (Å²) < 4.78 is 2.05. The topological polar surface area (TPSA) is 88.0 Å². The van der Waals surface area contributed by atoms with Crippen LogP contribution in [0.1, 0.15) is 37.1 Å². The monoisotopic (exact) mass is 355 g/mol. The second-order valence-corrected chi connectivity index (χ2v) is 6.96. The van der Waals surface area contributed by atoms with Gasteiger partial charge in [-0.3, -0.25) is 9.48 Å². The fourth-order valence-electron chi connectivity index (χ4n) is 3.41. The minimum absolute atomic E-state index is 0.165. The fourth-order valence-corrected chi connectivity index (χ4v) is 3.41. The van der Waals surface area contributed by atoms with E-state index >= 15 is 0 Å². The first-order valence-corrected chi connectivity index (χ1v) is 9.32. The molecule has 1 saturated carbocycles. The number of nitrogens with one attached hydrogen (secondary N) is 2. The van der Waals surface area contributed by atoms with Crippen LogP contribution in [0.2, 0.25) is 0 Å². The van der Waals surface area contributed by atoms with E-state index in [9.17, 15) is 4.79 Å². The first kappa shape index (κ1) is 16.8. The zero-order valence-corrected chi connectivity index (χ0v) is 15.1. The van der Waals surface area contributed by atoms with E-state index in [1.165, 1.54) is 6.42 Å². The number of hydrogen-bond donors (Lipinski definition) is 2. The van der Waals surface area contributed by atoms with E-state index in [1.807, 2.05) is 17.8 Å². The number of aryl methyl sites for hydroxylation is 1. The van der Waals surface area contributed by atoms with Gasteiger partial charge in [0.15, 0.2) is 0 Å². The van der Waals surface area contributed by atoms with Crippen LogP contribution in [0.25, 0.3) is 0 Å². The van der Waals surface area contributed by atoms with Crippen LogP contribution in [0.15, 0.2) is 18.3 Å². The molecule has 1 fully saturated rings. The van der Waals surface area contributed by atoms with Crippen LogP contribution in [0.4, 0.5) is 11.8 Å². The molecule has 0 radical (unpaired) electrons. The predicted molar refractivity (Wildman–Crippen MR) is 98.7 cm³/mol. The summed E-state index contributed by atoms with van der Waals surface area (Å²) in [6, 6.07) is 3.94. The third-order valence-electron chi connectivity index (χ3n) is 5.17. The molecule has 2 aromatic rings. The van der Waals surface area contributed by atoms with Gasteiger partial charge in [0.2, 0.25) is 11.9 Å². The molecule has 2 aromatic heterocycles. The van der Waals surface area contributed by atoms with Crippen molar-refractivity contribution >= 4 is 17.7 Å². The summed E-state index contributed by atoms with van der Waals surface area (Å²) in [5, 5.41) is 10.7. The molecule has 2 aliphatic rings. The average Bonchev–Trinajstić information content (AvgIpc) is 2.89. The average molecular weight is 355 g/mol. The summed E-state index contributed by atoms with van der Waals surface area (Å²) in [5.41, 5.74) is 2.05. The zero-order chi connectivity index (χ0) is 17.9. The van der Waals surface area contributed by atoms with Gasteiger partial charge in [0.25, 0.3) is 0 Å². The Morgan fingerprint density at radius 2 is 2.19 bits per heavy atom. The standard InChI is InChI=1S/C18H25N7O/c1-19-16-6-7-20-18(22-16)24-8-3-9-25-15(12-24)10-14(23-25)11-21-17(26)13-4-2-5-13/h6-7,10,13H,2-5,8-9,11-12H2,1H3,(H,21,26)(H,19,20,22). The lowest BCUT2D eigenvalue weighted by molar-refractivity contribution is -0.127. The van der Waals surface area contributed by atoms with Gasteiger partial charge in [-0.25, -0.2) is 4.98 Å². The highest BCUT2D eigenvalue weighted by molar-refractivity contribution is 5.79. The summed E-state index contributed by atoms with van der Waals surface area (Å²) in [6.45, 7) is 2.98. The Labute approximate surface area is 153 Å². The molecule has 3 heterocycles. The number of amides is 1. The van der Waals surface area contributed by atoms with E-state index in [4.69, 9.17) is 0 Å². The summed E-state index contributed by atoms with van der Waals surface area (Å²) >= 11 is 0. The Kier molecular flexibility index (Phi) is 4.73. The fraction of sp³-hybridized carbons (Fsp3) is 0.556. The van der Waals surface area contributed by atoms with Crippen LogP contribution in [0.5, 0.6) is 0 Å². The molecule has 0 spiro atoms. The Bertz CT molecular complexity index is 784. The van der Waals surface area contributed by atoms with Crippen molar-refractivity contribution in [2.45, 2.75) is 45.3 Å². The molecule has 1 amide bonds. The number of anilines is 2. The summed E-state index contributed by atoms with van der Waals surface area (Å²) in [4.78, 5) is 23.2. The van der Waals surface area contributed by atoms with Gasteiger partial charge in [0.05, 0.1) is 24.5 Å². The zero-order valence-electron chi connectivity index (χ0n) is 15.1. The molecule has 1 aliphatic heterocycles. The van der Waals surface area contributed by atoms with Crippen molar-refractivity contribution < 1.29 is 4.79 Å². The second kappa shape index (κ2) is 7.31. The lowest BCUT2D eigenvalue weighted by Crippen LogP contribution is -2.34. The lowest BCUT2D eigenvalue weighted by Gasteiger charge is -2.23. The number of nitrogens with zero attached hydrogens (tertiary/aromatic N) is 5. The van der Waals surface area contributed by atoms with E-state index < -0.39 is 0 Å². The highest BCUT2D eigenvalue weighted by atomic mass is 16.1. The van der Waals surface area contributed by atoms with Gasteiger partial charge < -0.3 is 15.5 Å². The van der Waals surface area contributed by atoms with Crippen LogP contribution in [-0.4, -0.2) is 39.2 Å². The van der Waals surface area contributed by atoms with Crippen LogP contribution in [0, 0.1) is 5.92 Å². The van der Waals surface area contributed by atoms with Crippen LogP contribution >= 0.6 is 0 Å². The number of hydrogen-bond acceptors (Lipinski definition) is 6. The molecular weight excluding hydrogens is 330 g/mol. The molecule has 0 saturated heterocycles. The van der Waals surface area contributed by atoms with Crippen LogP contribution in [0.3, 0.4) is 0 Å². The van der Waals surface area contributed by atoms with Gasteiger partial charge in [0, 0.05) is 32.3 Å². The van der Waals surface area contributed by atoms with E-state index in [0.717, 1.165) is 62.1 Å². The maximum Gasteiger partial charge on any atom is 0.227 e. The highest BCUT2D eigenvalue weighted by Crippen LogP contribution is 2.26. The maximum atomic E-state index is 12.0. The van der Waals surface area contributed by atoms with E-state index in [1.54, 1.807) is 6.20 Å². The largest absolute Gasteiger partial charge is 0.373 e. The minimum Gasteiger partial charge on any atom is -0.373 e. The molecule has 2 N–H and O–H groups in total. The quantitative estimate of drug-likeness (QED) is 0.846. The summed E-state index contributed by atoms with van der Waals surface area (Å²) in [6.07, 6.45) is 5.97. The molecule has 0 atom stereocenters. The van der Waals surface area contributed by atoms with Gasteiger partial charge in [0.1, 0.15) is 5.82 Å². The number of fused-ring (bicyclic) bond motifs is 1. The Hall–Kier alpha value is -2.64. The number of rotatable bonds is 5. The normalized spacial score (nSPS) is 17.2. The molecule has 26 heavy (non-hydrogen) atoms. The number of carbonyl (C=O) groups is 1. The molecule has 138 valence electrons. The van der Waals surface area contributed by atoms with Crippen LogP contribution < -0.4 is 15.5 Å². The van der Waals surface area contributed by atoms with Crippen molar-refractivity contribution in [2.75, 3.05) is 23.8 Å². The van der Waals surface area contributed by atoms with E-state index in [-0.39, 0.29) is 11.8 Å². The Morgan fingerprint density at radius 1 is 1.31 bits per heavy atom. The molecule has 0 unspecified atom stereocenters. The number of carbonyl (C=O) groups excluding carboxylic acids is 1. The van der Waals surface area contributed by atoms with Gasteiger partial charge >= 0.3 is 0 Å². The predicted octanol–water partition coefficient (Wildman–Crippen LogP) is 1.54. The lowest BCUT2D eigenvalue weighted by atomic mass is 9.85. The van der Waals surface area contributed by atoms with Crippen LogP contribution in [-0.2, 0) is 24.4 Å². The smallest absolute Gasteiger partial charge is 0.227 e. The van der Waals surface area contributed by atoms with Crippen molar-refractivity contribution in [1.82, 2.24) is 25.1 Å². The molecule has 0 bridgehead atoms. The highest BCUT2D eigenvalue weighted by Gasteiger charge is 2.25. The van der Waals surface area contributed by atoms with Crippen molar-refractivity contribution in [2.24, 2.45) is 5.92 Å².